The molecule has 63 valence electrons. The minimum absolute atomic E-state index is 0.0576. The van der Waals surface area contributed by atoms with Crippen LogP contribution in [0.15, 0.2) is 22.7 Å². The standard InChI is InChI=1S/C7H5BrNO3/c8-6-2-1-5(4-10)3-7(6)9(11)12/h1-4,10H. The maximum atomic E-state index is 10.4. The third kappa shape index (κ3) is 1.80. The highest BCUT2D eigenvalue weighted by molar-refractivity contribution is 9.10. The van der Waals surface area contributed by atoms with E-state index < -0.39 is 4.92 Å². The number of aliphatic hydroxyl groups is 1. The van der Waals surface area contributed by atoms with Crippen LogP contribution in [0.3, 0.4) is 0 Å². The molecule has 0 amide bonds. The Bertz CT molecular complexity index is 314. The van der Waals surface area contributed by atoms with E-state index in [1.54, 1.807) is 6.07 Å². The van der Waals surface area contributed by atoms with Gasteiger partial charge >= 0.3 is 0 Å². The summed E-state index contributed by atoms with van der Waals surface area (Å²) in [5.41, 5.74) is 0.350. The fourth-order valence-electron chi connectivity index (χ4n) is 0.750. The largest absolute Gasteiger partial charge is 0.385 e. The highest BCUT2D eigenvalue weighted by Gasteiger charge is 2.11. The average Bonchev–Trinajstić information content (AvgIpc) is 2.05. The molecule has 0 saturated carbocycles. The number of hydrogen-bond acceptors (Lipinski definition) is 3. The molecule has 0 bridgehead atoms. The number of nitro groups is 1. The van der Waals surface area contributed by atoms with Crippen LogP contribution in [0.5, 0.6) is 0 Å². The van der Waals surface area contributed by atoms with Gasteiger partial charge in [0.25, 0.3) is 5.69 Å². The predicted octanol–water partition coefficient (Wildman–Crippen LogP) is 2.24. The number of nitro benzene ring substituents is 1. The van der Waals surface area contributed by atoms with Crippen molar-refractivity contribution in [3.8, 4) is 0 Å². The minimum atomic E-state index is -0.517. The van der Waals surface area contributed by atoms with Crippen molar-refractivity contribution in [2.45, 2.75) is 0 Å². The van der Waals surface area contributed by atoms with Gasteiger partial charge in [-0.05, 0) is 27.6 Å². The second-order valence-electron chi connectivity index (χ2n) is 2.10. The highest BCUT2D eigenvalue weighted by atomic mass is 79.9. The van der Waals surface area contributed by atoms with Crippen molar-refractivity contribution in [3.05, 3.63) is 45.0 Å². The van der Waals surface area contributed by atoms with Gasteiger partial charge in [0.15, 0.2) is 0 Å². The van der Waals surface area contributed by atoms with Gasteiger partial charge in [-0.1, -0.05) is 6.07 Å². The zero-order valence-corrected chi connectivity index (χ0v) is 7.48. The lowest BCUT2D eigenvalue weighted by atomic mass is 10.2. The molecule has 1 N–H and O–H groups in total. The van der Waals surface area contributed by atoms with Crippen LogP contribution in [-0.4, -0.2) is 10.0 Å². The summed E-state index contributed by atoms with van der Waals surface area (Å²) in [4.78, 5) is 9.85. The van der Waals surface area contributed by atoms with Gasteiger partial charge in [-0.25, -0.2) is 0 Å². The molecule has 1 aromatic carbocycles. The molecule has 12 heavy (non-hydrogen) atoms. The molecule has 5 heteroatoms. The Labute approximate surface area is 77.1 Å². The summed E-state index contributed by atoms with van der Waals surface area (Å²) in [6.45, 7) is 0.819. The van der Waals surface area contributed by atoms with Gasteiger partial charge in [-0.3, -0.25) is 10.1 Å². The van der Waals surface area contributed by atoms with Gasteiger partial charge in [0, 0.05) is 6.07 Å². The lowest BCUT2D eigenvalue weighted by molar-refractivity contribution is -0.385. The summed E-state index contributed by atoms with van der Waals surface area (Å²) in [5.74, 6) is 0. The molecule has 0 aliphatic carbocycles. The first-order valence-electron chi connectivity index (χ1n) is 3.06. The van der Waals surface area contributed by atoms with E-state index in [1.165, 1.54) is 12.1 Å². The summed E-state index contributed by atoms with van der Waals surface area (Å²) < 4.78 is 0.401. The highest BCUT2D eigenvalue weighted by Crippen LogP contribution is 2.25. The zero-order chi connectivity index (χ0) is 9.14. The van der Waals surface area contributed by atoms with Gasteiger partial charge in [0.1, 0.15) is 6.61 Å². The smallest absolute Gasteiger partial charge is 0.283 e. The Balaban J connectivity index is 3.17. The number of halogens is 1. The molecule has 1 aromatic rings. The van der Waals surface area contributed by atoms with E-state index in [2.05, 4.69) is 15.9 Å². The lowest BCUT2D eigenvalue weighted by Crippen LogP contribution is -1.90. The van der Waals surface area contributed by atoms with E-state index in [-0.39, 0.29) is 5.69 Å². The number of rotatable bonds is 2. The second-order valence-corrected chi connectivity index (χ2v) is 2.95. The van der Waals surface area contributed by atoms with Crippen LogP contribution in [0, 0.1) is 16.7 Å². The molecule has 0 aliphatic heterocycles. The van der Waals surface area contributed by atoms with Crippen molar-refractivity contribution in [1.82, 2.24) is 0 Å². The molecule has 0 heterocycles. The molecule has 0 spiro atoms. The molecular formula is C7H5BrNO3. The molecule has 1 radical (unpaired) electrons. The first kappa shape index (κ1) is 9.15. The van der Waals surface area contributed by atoms with Crippen molar-refractivity contribution >= 4 is 21.6 Å². The molecule has 0 fully saturated rings. The molecule has 0 aliphatic rings. The number of aliphatic hydroxyl groups excluding tert-OH is 1. The van der Waals surface area contributed by atoms with Gasteiger partial charge in [-0.15, -0.1) is 0 Å². The van der Waals surface area contributed by atoms with Gasteiger partial charge in [0.05, 0.1) is 9.40 Å². The summed E-state index contributed by atoms with van der Waals surface area (Å²) in [6, 6.07) is 4.36. The third-order valence-electron chi connectivity index (χ3n) is 1.32. The summed E-state index contributed by atoms with van der Waals surface area (Å²) in [6.07, 6.45) is 0. The van der Waals surface area contributed by atoms with E-state index in [0.29, 0.717) is 10.0 Å². The Morgan fingerprint density at radius 3 is 2.75 bits per heavy atom. The maximum absolute atomic E-state index is 10.4. The Morgan fingerprint density at radius 2 is 2.25 bits per heavy atom. The summed E-state index contributed by atoms with van der Waals surface area (Å²) >= 11 is 3.02. The fraction of sp³-hybridized carbons (Fsp3) is 0. The average molecular weight is 231 g/mol. The maximum Gasteiger partial charge on any atom is 0.283 e. The molecule has 1 rings (SSSR count). The van der Waals surface area contributed by atoms with Gasteiger partial charge < -0.3 is 5.11 Å². The predicted molar refractivity (Wildman–Crippen MR) is 46.1 cm³/mol. The van der Waals surface area contributed by atoms with E-state index in [0.717, 1.165) is 6.61 Å². The van der Waals surface area contributed by atoms with Crippen molar-refractivity contribution < 1.29 is 10.0 Å². The minimum Gasteiger partial charge on any atom is -0.385 e. The van der Waals surface area contributed by atoms with Crippen molar-refractivity contribution in [2.24, 2.45) is 0 Å². The van der Waals surface area contributed by atoms with Crippen LogP contribution in [0.1, 0.15) is 5.56 Å². The first-order valence-corrected chi connectivity index (χ1v) is 3.86. The topological polar surface area (TPSA) is 63.4 Å². The summed E-state index contributed by atoms with van der Waals surface area (Å²) in [5, 5.41) is 18.9. The molecule has 0 unspecified atom stereocenters. The number of hydrogen-bond donors (Lipinski definition) is 1. The number of nitrogens with zero attached hydrogens (tertiary/aromatic N) is 1. The van der Waals surface area contributed by atoms with E-state index >= 15 is 0 Å². The lowest BCUT2D eigenvalue weighted by Gasteiger charge is -1.97. The Hall–Kier alpha value is -0.940. The third-order valence-corrected chi connectivity index (χ3v) is 1.99. The van der Waals surface area contributed by atoms with Crippen LogP contribution in [0.25, 0.3) is 0 Å². The monoisotopic (exact) mass is 230 g/mol. The zero-order valence-electron chi connectivity index (χ0n) is 5.90. The van der Waals surface area contributed by atoms with Crippen molar-refractivity contribution in [2.75, 3.05) is 0 Å². The Morgan fingerprint density at radius 1 is 1.58 bits per heavy atom. The van der Waals surface area contributed by atoms with Gasteiger partial charge in [0.2, 0.25) is 0 Å². The molecule has 0 aromatic heterocycles. The van der Waals surface area contributed by atoms with Crippen molar-refractivity contribution in [1.29, 1.82) is 0 Å². The van der Waals surface area contributed by atoms with Crippen LogP contribution >= 0.6 is 15.9 Å². The van der Waals surface area contributed by atoms with Crippen LogP contribution in [0.2, 0.25) is 0 Å². The van der Waals surface area contributed by atoms with Crippen LogP contribution < -0.4 is 0 Å². The first-order chi connectivity index (χ1) is 5.65. The Kier molecular flexibility index (Phi) is 2.78. The van der Waals surface area contributed by atoms with Crippen LogP contribution in [0.4, 0.5) is 5.69 Å². The fourth-order valence-corrected chi connectivity index (χ4v) is 1.14. The SMILES string of the molecule is O=[N+]([O-])c1cc([CH]O)ccc1Br. The second kappa shape index (κ2) is 3.64. The quantitative estimate of drug-likeness (QED) is 0.626. The van der Waals surface area contributed by atoms with Crippen molar-refractivity contribution in [3.63, 3.8) is 0 Å². The van der Waals surface area contributed by atoms with E-state index in [4.69, 9.17) is 5.11 Å². The normalized spacial score (nSPS) is 9.83. The van der Waals surface area contributed by atoms with E-state index in [1.807, 2.05) is 0 Å². The molecule has 0 saturated heterocycles. The summed E-state index contributed by atoms with van der Waals surface area (Å²) in [7, 11) is 0. The van der Waals surface area contributed by atoms with Gasteiger partial charge in [-0.2, -0.15) is 0 Å². The number of benzene rings is 1. The van der Waals surface area contributed by atoms with Crippen LogP contribution in [-0.2, 0) is 0 Å². The van der Waals surface area contributed by atoms with E-state index in [9.17, 15) is 10.1 Å². The molecule has 4 nitrogen and oxygen atoms in total. The molecular weight excluding hydrogens is 226 g/mol. The molecule has 0 atom stereocenters.